The topological polar surface area (TPSA) is 64.4 Å². The van der Waals surface area contributed by atoms with Crippen molar-refractivity contribution in [2.45, 2.75) is 26.2 Å². The van der Waals surface area contributed by atoms with Crippen LogP contribution in [0.1, 0.15) is 36.5 Å². The molecule has 0 aromatic carbocycles. The molecule has 1 aliphatic rings. The van der Waals surface area contributed by atoms with E-state index in [1.165, 1.54) is 6.33 Å². The Morgan fingerprint density at radius 1 is 1.44 bits per heavy atom. The van der Waals surface area contributed by atoms with E-state index in [1.807, 2.05) is 0 Å². The first-order chi connectivity index (χ1) is 7.83. The van der Waals surface area contributed by atoms with Gasteiger partial charge in [0, 0.05) is 12.6 Å². The Bertz CT molecular complexity index is 429. The second-order valence-electron chi connectivity index (χ2n) is 3.52. The Balaban J connectivity index is 2.25. The normalized spacial score (nSPS) is 13.7. The summed E-state index contributed by atoms with van der Waals surface area (Å²) in [7, 11) is 0. The summed E-state index contributed by atoms with van der Waals surface area (Å²) >= 11 is 0. The molecule has 0 bridgehead atoms. The molecule has 1 aliphatic heterocycles. The molecule has 0 saturated heterocycles. The van der Waals surface area contributed by atoms with E-state index in [0.29, 0.717) is 30.3 Å². The van der Waals surface area contributed by atoms with Crippen molar-refractivity contribution in [1.29, 1.82) is 0 Å². The predicted molar refractivity (Wildman–Crippen MR) is 59.5 cm³/mol. The van der Waals surface area contributed by atoms with Crippen molar-refractivity contribution in [3.63, 3.8) is 0 Å². The van der Waals surface area contributed by atoms with Gasteiger partial charge in [0.25, 0.3) is 0 Å². The minimum atomic E-state index is -0.0305. The largest absolute Gasteiger partial charge is 0.477 e. The fraction of sp³-hybridized carbons (Fsp3) is 0.455. The maximum absolute atomic E-state index is 11.7. The summed E-state index contributed by atoms with van der Waals surface area (Å²) in [6, 6.07) is 0. The quantitative estimate of drug-likeness (QED) is 0.726. The molecule has 16 heavy (non-hydrogen) atoms. The first-order valence-corrected chi connectivity index (χ1v) is 5.36. The van der Waals surface area contributed by atoms with Gasteiger partial charge in [0.05, 0.1) is 6.61 Å². The molecular formula is C11H13N3O2. The van der Waals surface area contributed by atoms with E-state index in [2.05, 4.69) is 21.9 Å². The molecule has 0 unspecified atom stereocenters. The Labute approximate surface area is 93.6 Å². The van der Waals surface area contributed by atoms with Crippen LogP contribution in [0.3, 0.4) is 0 Å². The van der Waals surface area contributed by atoms with Gasteiger partial charge in [-0.05, 0) is 6.42 Å². The van der Waals surface area contributed by atoms with E-state index in [4.69, 9.17) is 4.74 Å². The number of aliphatic imine (C=N–C) groups is 1. The van der Waals surface area contributed by atoms with Crippen molar-refractivity contribution < 1.29 is 9.53 Å². The van der Waals surface area contributed by atoms with E-state index in [1.54, 1.807) is 6.21 Å². The third-order valence-corrected chi connectivity index (χ3v) is 2.30. The van der Waals surface area contributed by atoms with Crippen LogP contribution in [0.5, 0.6) is 5.88 Å². The number of hydrogen-bond acceptors (Lipinski definition) is 5. The van der Waals surface area contributed by atoms with Crippen LogP contribution in [0.2, 0.25) is 0 Å². The van der Waals surface area contributed by atoms with Crippen molar-refractivity contribution >= 4 is 17.8 Å². The predicted octanol–water partition coefficient (Wildman–Crippen LogP) is 1.94. The summed E-state index contributed by atoms with van der Waals surface area (Å²) in [5.41, 5.74) is 0.418. The Morgan fingerprint density at radius 2 is 2.31 bits per heavy atom. The van der Waals surface area contributed by atoms with E-state index >= 15 is 0 Å². The van der Waals surface area contributed by atoms with Crippen LogP contribution >= 0.6 is 0 Å². The number of ether oxygens (including phenoxy) is 1. The van der Waals surface area contributed by atoms with Gasteiger partial charge in [-0.25, -0.2) is 15.0 Å². The summed E-state index contributed by atoms with van der Waals surface area (Å²) in [6.07, 6.45) is 5.21. The number of ketones is 1. The molecule has 0 atom stereocenters. The minimum absolute atomic E-state index is 0.0305. The van der Waals surface area contributed by atoms with Crippen molar-refractivity contribution in [2.24, 2.45) is 4.99 Å². The fourth-order valence-corrected chi connectivity index (χ4v) is 1.44. The highest BCUT2D eigenvalue weighted by Gasteiger charge is 2.21. The van der Waals surface area contributed by atoms with Gasteiger partial charge < -0.3 is 4.74 Å². The molecule has 1 aromatic heterocycles. The monoisotopic (exact) mass is 219 g/mol. The zero-order valence-electron chi connectivity index (χ0n) is 9.14. The zero-order chi connectivity index (χ0) is 11.4. The summed E-state index contributed by atoms with van der Waals surface area (Å²) in [6.45, 7) is 2.64. The molecule has 0 amide bonds. The van der Waals surface area contributed by atoms with Gasteiger partial charge in [-0.3, -0.25) is 4.79 Å². The second-order valence-corrected chi connectivity index (χ2v) is 3.52. The van der Waals surface area contributed by atoms with Crippen LogP contribution in [0.25, 0.3) is 0 Å². The standard InChI is InChI=1S/C11H13N3O2/c1-2-3-6-16-11-9-8(15)4-5-12-10(9)13-7-14-11/h5,7H,2-4,6H2,1H3. The van der Waals surface area contributed by atoms with Crippen molar-refractivity contribution in [3.05, 3.63) is 11.9 Å². The van der Waals surface area contributed by atoms with Gasteiger partial charge in [0.15, 0.2) is 11.6 Å². The van der Waals surface area contributed by atoms with E-state index in [9.17, 15) is 4.79 Å². The summed E-state index contributed by atoms with van der Waals surface area (Å²) in [5.74, 6) is 0.746. The molecule has 5 heteroatoms. The summed E-state index contributed by atoms with van der Waals surface area (Å²) < 4.78 is 5.47. The fourth-order valence-electron chi connectivity index (χ4n) is 1.44. The van der Waals surface area contributed by atoms with Gasteiger partial charge >= 0.3 is 0 Å². The lowest BCUT2D eigenvalue weighted by Crippen LogP contribution is -2.11. The number of fused-ring (bicyclic) bond motifs is 1. The third kappa shape index (κ3) is 2.08. The lowest BCUT2D eigenvalue weighted by atomic mass is 10.1. The van der Waals surface area contributed by atoms with Crippen LogP contribution < -0.4 is 4.74 Å². The molecule has 5 nitrogen and oxygen atoms in total. The Kier molecular flexibility index (Phi) is 3.24. The van der Waals surface area contributed by atoms with Crippen molar-refractivity contribution in [1.82, 2.24) is 9.97 Å². The smallest absolute Gasteiger partial charge is 0.229 e. The average molecular weight is 219 g/mol. The van der Waals surface area contributed by atoms with Crippen LogP contribution in [-0.4, -0.2) is 28.6 Å². The molecule has 0 fully saturated rings. The molecule has 1 aromatic rings. The van der Waals surface area contributed by atoms with Gasteiger partial charge in [0.1, 0.15) is 11.9 Å². The molecule has 2 heterocycles. The second kappa shape index (κ2) is 4.83. The number of rotatable bonds is 4. The van der Waals surface area contributed by atoms with E-state index < -0.39 is 0 Å². The van der Waals surface area contributed by atoms with Gasteiger partial charge in [-0.15, -0.1) is 0 Å². The van der Waals surface area contributed by atoms with E-state index in [-0.39, 0.29) is 5.78 Å². The highest BCUT2D eigenvalue weighted by atomic mass is 16.5. The molecule has 0 N–H and O–H groups in total. The number of Topliss-reactive ketones (excluding diaryl/α,β-unsaturated/α-hetero) is 1. The summed E-state index contributed by atoms with van der Waals surface area (Å²) in [4.78, 5) is 23.7. The van der Waals surface area contributed by atoms with Crippen LogP contribution in [-0.2, 0) is 0 Å². The summed E-state index contributed by atoms with van der Waals surface area (Å²) in [5, 5.41) is 0. The third-order valence-electron chi connectivity index (χ3n) is 2.30. The number of carbonyl (C=O) groups excluding carboxylic acids is 1. The van der Waals surface area contributed by atoms with Gasteiger partial charge in [0.2, 0.25) is 5.88 Å². The number of carbonyl (C=O) groups is 1. The lowest BCUT2D eigenvalue weighted by Gasteiger charge is -2.12. The molecule has 0 radical (unpaired) electrons. The van der Waals surface area contributed by atoms with Crippen LogP contribution in [0.4, 0.5) is 5.82 Å². The van der Waals surface area contributed by atoms with Crippen molar-refractivity contribution in [3.8, 4) is 5.88 Å². The van der Waals surface area contributed by atoms with Crippen LogP contribution in [0, 0.1) is 0 Å². The minimum Gasteiger partial charge on any atom is -0.477 e. The van der Waals surface area contributed by atoms with E-state index in [0.717, 1.165) is 12.8 Å². The first-order valence-electron chi connectivity index (χ1n) is 5.36. The SMILES string of the molecule is CCCCOc1ncnc2c1C(=O)CC=N2. The first kappa shape index (κ1) is 10.7. The molecule has 0 aliphatic carbocycles. The van der Waals surface area contributed by atoms with Gasteiger partial charge in [-0.1, -0.05) is 13.3 Å². The highest BCUT2D eigenvalue weighted by Crippen LogP contribution is 2.27. The molecule has 2 rings (SSSR count). The number of unbranched alkanes of at least 4 members (excludes halogenated alkanes) is 1. The average Bonchev–Trinajstić information content (AvgIpc) is 2.30. The number of aromatic nitrogens is 2. The van der Waals surface area contributed by atoms with Crippen molar-refractivity contribution in [2.75, 3.05) is 6.61 Å². The number of hydrogen-bond donors (Lipinski definition) is 0. The highest BCUT2D eigenvalue weighted by molar-refractivity contribution is 6.10. The molecule has 84 valence electrons. The van der Waals surface area contributed by atoms with Gasteiger partial charge in [-0.2, -0.15) is 0 Å². The molecular weight excluding hydrogens is 206 g/mol. The maximum Gasteiger partial charge on any atom is 0.229 e. The maximum atomic E-state index is 11.7. The van der Waals surface area contributed by atoms with Crippen LogP contribution in [0.15, 0.2) is 11.3 Å². The lowest BCUT2D eigenvalue weighted by molar-refractivity contribution is 0.0995. The Morgan fingerprint density at radius 3 is 3.12 bits per heavy atom. The Hall–Kier alpha value is -1.78. The zero-order valence-corrected chi connectivity index (χ0v) is 9.14. The molecule has 0 spiro atoms. The molecule has 0 saturated carbocycles. The number of nitrogens with zero attached hydrogens (tertiary/aromatic N) is 3.